The second-order valence-corrected chi connectivity index (χ2v) is 10.1. The summed E-state index contributed by atoms with van der Waals surface area (Å²) in [6, 6.07) is 21.1. The van der Waals surface area contributed by atoms with Gasteiger partial charge in [-0.3, -0.25) is 19.3 Å². The number of rotatable bonds is 6. The Morgan fingerprint density at radius 2 is 1.68 bits per heavy atom. The summed E-state index contributed by atoms with van der Waals surface area (Å²) in [7, 11) is 1.52. The van der Waals surface area contributed by atoms with Gasteiger partial charge in [-0.2, -0.15) is 0 Å². The van der Waals surface area contributed by atoms with Gasteiger partial charge in [0, 0.05) is 31.5 Å². The van der Waals surface area contributed by atoms with Crippen LogP contribution in [0.1, 0.15) is 52.1 Å². The number of nitrogens with zero attached hydrogens (tertiary/aromatic N) is 2. The molecule has 3 aromatic carbocycles. The van der Waals surface area contributed by atoms with Gasteiger partial charge >= 0.3 is 0 Å². The average Bonchev–Trinajstić information content (AvgIpc) is 3.35. The Balaban J connectivity index is 1.40. The minimum Gasteiger partial charge on any atom is -0.497 e. The fourth-order valence-corrected chi connectivity index (χ4v) is 5.46. The van der Waals surface area contributed by atoms with Crippen molar-refractivity contribution in [1.82, 2.24) is 15.1 Å². The topological polar surface area (TPSA) is 88.2 Å². The predicted octanol–water partition coefficient (Wildman–Crippen LogP) is 4.19. The van der Waals surface area contributed by atoms with E-state index in [1.54, 1.807) is 35.2 Å². The Labute approximate surface area is 232 Å². The summed E-state index contributed by atoms with van der Waals surface area (Å²) >= 11 is 0. The van der Waals surface area contributed by atoms with E-state index in [2.05, 4.69) is 5.32 Å². The smallest absolute Gasteiger partial charge is 0.257 e. The van der Waals surface area contributed by atoms with Crippen LogP contribution >= 0.6 is 0 Å². The summed E-state index contributed by atoms with van der Waals surface area (Å²) in [6.07, 6.45) is 0.557. The molecule has 208 valence electrons. The van der Waals surface area contributed by atoms with Crippen LogP contribution in [0.15, 0.2) is 78.9 Å². The zero-order valence-electron chi connectivity index (χ0n) is 22.5. The van der Waals surface area contributed by atoms with Gasteiger partial charge in [-0.05, 0) is 42.8 Å². The number of likely N-dealkylation sites (tertiary alicyclic amines) is 1. The third-order valence-corrected chi connectivity index (χ3v) is 7.69. The molecular weight excluding hydrogens is 513 g/mol. The molecule has 1 spiro atoms. The number of benzene rings is 3. The number of ether oxygens (including phenoxy) is 2. The first-order valence-corrected chi connectivity index (χ1v) is 13.3. The van der Waals surface area contributed by atoms with Crippen molar-refractivity contribution in [3.63, 3.8) is 0 Å². The number of methoxy groups -OCH3 is 1. The molecular formula is C31H32FN3O5. The van der Waals surface area contributed by atoms with Gasteiger partial charge in [-0.1, -0.05) is 48.5 Å². The van der Waals surface area contributed by atoms with E-state index in [9.17, 15) is 18.8 Å². The number of carbonyl (C=O) groups excluding carboxylic acids is 3. The minimum atomic E-state index is -1.09. The maximum atomic E-state index is 14.3. The quantitative estimate of drug-likeness (QED) is 0.502. The van der Waals surface area contributed by atoms with Gasteiger partial charge in [0.2, 0.25) is 5.91 Å². The molecule has 2 fully saturated rings. The Bertz CT molecular complexity index is 1390. The molecule has 0 bridgehead atoms. The molecule has 2 saturated heterocycles. The van der Waals surface area contributed by atoms with Crippen LogP contribution in [0.25, 0.3) is 0 Å². The van der Waals surface area contributed by atoms with E-state index in [1.165, 1.54) is 30.2 Å². The molecule has 1 N–H and O–H groups in total. The summed E-state index contributed by atoms with van der Waals surface area (Å²) in [5, 5.41) is 3.03. The summed E-state index contributed by atoms with van der Waals surface area (Å²) in [5.41, 5.74) is 0.213. The van der Waals surface area contributed by atoms with E-state index < -0.39 is 23.5 Å². The van der Waals surface area contributed by atoms with Crippen LogP contribution in [0.5, 0.6) is 5.75 Å². The lowest BCUT2D eigenvalue weighted by molar-refractivity contribution is -0.128. The van der Waals surface area contributed by atoms with E-state index in [1.807, 2.05) is 37.3 Å². The maximum absolute atomic E-state index is 14.3. The molecule has 3 aromatic rings. The number of hydrogen-bond donors (Lipinski definition) is 1. The minimum absolute atomic E-state index is 0.00209. The lowest BCUT2D eigenvalue weighted by Crippen LogP contribution is -2.60. The van der Waals surface area contributed by atoms with E-state index in [0.29, 0.717) is 11.3 Å². The van der Waals surface area contributed by atoms with Crippen LogP contribution in [0.3, 0.4) is 0 Å². The van der Waals surface area contributed by atoms with Gasteiger partial charge in [0.25, 0.3) is 11.8 Å². The zero-order valence-corrected chi connectivity index (χ0v) is 22.5. The molecule has 9 heteroatoms. The second kappa shape index (κ2) is 11.5. The molecule has 2 aliphatic rings. The van der Waals surface area contributed by atoms with Gasteiger partial charge < -0.3 is 19.7 Å². The highest BCUT2D eigenvalue weighted by Gasteiger charge is 2.54. The molecule has 2 atom stereocenters. The van der Waals surface area contributed by atoms with Crippen molar-refractivity contribution in [3.8, 4) is 5.75 Å². The Hall–Kier alpha value is -4.24. The highest BCUT2D eigenvalue weighted by atomic mass is 19.1. The van der Waals surface area contributed by atoms with Crippen molar-refractivity contribution in [2.24, 2.45) is 0 Å². The molecule has 2 heterocycles. The van der Waals surface area contributed by atoms with Gasteiger partial charge in [0.15, 0.2) is 0 Å². The Morgan fingerprint density at radius 3 is 2.38 bits per heavy atom. The van der Waals surface area contributed by atoms with Crippen LogP contribution in [0.4, 0.5) is 4.39 Å². The molecule has 0 radical (unpaired) electrons. The summed E-state index contributed by atoms with van der Waals surface area (Å²) in [6.45, 7) is 2.39. The SMILES string of the molecule is COc1cccc(C(=O)N2[C@@H](C(=O)N[C@@H](C)c3ccccc3)COC23CCN(C(=O)c2ccccc2F)CC3)c1. The predicted molar refractivity (Wildman–Crippen MR) is 146 cm³/mol. The number of halogens is 1. The summed E-state index contributed by atoms with van der Waals surface area (Å²) in [4.78, 5) is 43.8. The fraction of sp³-hybridized carbons (Fsp3) is 0.323. The van der Waals surface area contributed by atoms with Crippen molar-refractivity contribution in [2.75, 3.05) is 26.8 Å². The highest BCUT2D eigenvalue weighted by Crippen LogP contribution is 2.39. The number of amides is 3. The molecule has 8 nitrogen and oxygen atoms in total. The molecule has 0 aliphatic carbocycles. The summed E-state index contributed by atoms with van der Waals surface area (Å²) in [5.74, 6) is -1.16. The van der Waals surface area contributed by atoms with Crippen molar-refractivity contribution in [2.45, 2.75) is 37.6 Å². The molecule has 0 unspecified atom stereocenters. The maximum Gasteiger partial charge on any atom is 0.257 e. The standard InChI is InChI=1S/C31H32FN3O5/c1-21(22-9-4-3-5-10-22)33-28(36)27-20-40-31(35(27)29(37)23-11-8-12-24(19-23)39-2)15-17-34(18-16-31)30(38)25-13-6-7-14-26(25)32/h3-14,19,21,27H,15-18,20H2,1-2H3,(H,33,36)/t21-,27+/m0/s1. The van der Waals surface area contributed by atoms with Crippen molar-refractivity contribution < 1.29 is 28.2 Å². The number of carbonyl (C=O) groups is 3. The molecule has 5 rings (SSSR count). The van der Waals surface area contributed by atoms with Crippen molar-refractivity contribution in [1.29, 1.82) is 0 Å². The summed E-state index contributed by atoms with van der Waals surface area (Å²) < 4.78 is 25.9. The van der Waals surface area contributed by atoms with Crippen LogP contribution in [0.2, 0.25) is 0 Å². The van der Waals surface area contributed by atoms with Gasteiger partial charge in [0.05, 0.1) is 25.3 Å². The largest absolute Gasteiger partial charge is 0.497 e. The lowest BCUT2D eigenvalue weighted by atomic mass is 9.96. The van der Waals surface area contributed by atoms with E-state index in [4.69, 9.17) is 9.47 Å². The van der Waals surface area contributed by atoms with Gasteiger partial charge in [-0.15, -0.1) is 0 Å². The van der Waals surface area contributed by atoms with Gasteiger partial charge in [-0.25, -0.2) is 4.39 Å². The number of nitrogens with one attached hydrogen (secondary N) is 1. The van der Waals surface area contributed by atoms with Crippen molar-refractivity contribution in [3.05, 3.63) is 101 Å². The first kappa shape index (κ1) is 27.3. The van der Waals surface area contributed by atoms with E-state index in [-0.39, 0.29) is 56.0 Å². The molecule has 2 aliphatic heterocycles. The first-order valence-electron chi connectivity index (χ1n) is 13.3. The van der Waals surface area contributed by atoms with E-state index in [0.717, 1.165) is 5.56 Å². The zero-order chi connectivity index (χ0) is 28.3. The fourth-order valence-electron chi connectivity index (χ4n) is 5.46. The Morgan fingerprint density at radius 1 is 0.975 bits per heavy atom. The first-order chi connectivity index (χ1) is 19.3. The highest BCUT2D eigenvalue weighted by molar-refractivity contribution is 5.99. The second-order valence-electron chi connectivity index (χ2n) is 10.1. The molecule has 3 amide bonds. The molecule has 40 heavy (non-hydrogen) atoms. The van der Waals surface area contributed by atoms with Crippen LogP contribution in [0, 0.1) is 5.82 Å². The third-order valence-electron chi connectivity index (χ3n) is 7.69. The Kier molecular flexibility index (Phi) is 7.84. The third kappa shape index (κ3) is 5.29. The van der Waals surface area contributed by atoms with Crippen LogP contribution in [-0.2, 0) is 9.53 Å². The normalized spacial score (nSPS) is 18.8. The molecule has 0 saturated carbocycles. The number of hydrogen-bond acceptors (Lipinski definition) is 5. The number of piperidine rings is 1. The van der Waals surface area contributed by atoms with E-state index >= 15 is 0 Å². The molecule has 0 aromatic heterocycles. The average molecular weight is 546 g/mol. The van der Waals surface area contributed by atoms with Gasteiger partial charge in [0.1, 0.15) is 23.3 Å². The monoisotopic (exact) mass is 545 g/mol. The van der Waals surface area contributed by atoms with Crippen LogP contribution < -0.4 is 10.1 Å². The van der Waals surface area contributed by atoms with Crippen LogP contribution in [-0.4, -0.2) is 66.1 Å². The lowest BCUT2D eigenvalue weighted by Gasteiger charge is -2.44. The van der Waals surface area contributed by atoms with Crippen molar-refractivity contribution >= 4 is 17.7 Å².